The van der Waals surface area contributed by atoms with Crippen LogP contribution in [-0.4, -0.2) is 35.5 Å². The number of hydroxylamine groups is 1. The predicted octanol–water partition coefficient (Wildman–Crippen LogP) is 3.81. The Morgan fingerprint density at radius 1 is 1.13 bits per heavy atom. The van der Waals surface area contributed by atoms with Crippen LogP contribution in [0, 0.1) is 5.92 Å². The van der Waals surface area contributed by atoms with E-state index in [1.807, 2.05) is 0 Å². The number of nitrogens with one attached hydrogen (secondary N) is 2. The minimum Gasteiger partial charge on any atom is -0.491 e. The molecule has 0 saturated carbocycles. The number of aliphatic hydroxyl groups is 1. The largest absolute Gasteiger partial charge is 0.491 e. The Kier molecular flexibility index (Phi) is 9.33. The molecule has 0 aliphatic rings. The number of carbonyl (C=O) groups excluding carboxylic acids is 2. The molecule has 160 valence electrons. The van der Waals surface area contributed by atoms with Crippen molar-refractivity contribution in [2.45, 2.75) is 13.0 Å². The van der Waals surface area contributed by atoms with Gasteiger partial charge in [-0.2, -0.15) is 0 Å². The lowest BCUT2D eigenvalue weighted by atomic mass is 9.96. The topological polar surface area (TPSA) is 117 Å². The highest BCUT2D eigenvalue weighted by molar-refractivity contribution is 9.10. The van der Waals surface area contributed by atoms with Gasteiger partial charge >= 0.3 is 6.09 Å². The predicted molar refractivity (Wildman–Crippen MR) is 114 cm³/mol. The lowest BCUT2D eigenvalue weighted by Crippen LogP contribution is -2.22. The molecule has 0 aliphatic heterocycles. The Hall–Kier alpha value is -2.88. The van der Waals surface area contributed by atoms with Crippen molar-refractivity contribution in [1.29, 1.82) is 0 Å². The summed E-state index contributed by atoms with van der Waals surface area (Å²) in [6.45, 7) is 1.84. The van der Waals surface area contributed by atoms with Gasteiger partial charge in [-0.25, -0.2) is 10.3 Å². The molecule has 0 aliphatic carbocycles. The van der Waals surface area contributed by atoms with E-state index in [-0.39, 0.29) is 19.1 Å². The third-order valence-electron chi connectivity index (χ3n) is 4.03. The number of amides is 2. The molecule has 0 fully saturated rings. The summed E-state index contributed by atoms with van der Waals surface area (Å²) in [6.07, 6.45) is 1.32. The molecule has 2 atom stereocenters. The second kappa shape index (κ2) is 12.0. The molecule has 0 aromatic heterocycles. The average molecular weight is 479 g/mol. The zero-order valence-corrected chi connectivity index (χ0v) is 17.8. The van der Waals surface area contributed by atoms with E-state index < -0.39 is 18.1 Å². The number of hydrogen-bond acceptors (Lipinski definition) is 6. The van der Waals surface area contributed by atoms with Gasteiger partial charge in [-0.05, 0) is 42.0 Å². The van der Waals surface area contributed by atoms with Crippen molar-refractivity contribution in [2.24, 2.45) is 5.92 Å². The van der Waals surface area contributed by atoms with Crippen molar-refractivity contribution < 1.29 is 29.4 Å². The number of anilines is 1. The molecule has 0 bridgehead atoms. The van der Waals surface area contributed by atoms with E-state index >= 15 is 0 Å². The Morgan fingerprint density at radius 2 is 1.80 bits per heavy atom. The lowest BCUT2D eigenvalue weighted by Gasteiger charge is -2.23. The maximum absolute atomic E-state index is 12.4. The van der Waals surface area contributed by atoms with Crippen LogP contribution in [0.4, 0.5) is 10.5 Å². The van der Waals surface area contributed by atoms with E-state index in [0.717, 1.165) is 10.5 Å². The van der Waals surface area contributed by atoms with Gasteiger partial charge in [0.1, 0.15) is 18.5 Å². The third-order valence-corrected chi connectivity index (χ3v) is 4.56. The van der Waals surface area contributed by atoms with Crippen LogP contribution in [0.3, 0.4) is 0 Å². The fraction of sp³-hybridized carbons (Fsp3) is 0.238. The van der Waals surface area contributed by atoms with Crippen molar-refractivity contribution >= 4 is 33.6 Å². The molecule has 2 amide bonds. The van der Waals surface area contributed by atoms with Gasteiger partial charge in [0.25, 0.3) is 5.91 Å². The normalized spacial score (nSPS) is 12.8. The Labute approximate surface area is 182 Å². The number of halogens is 1. The van der Waals surface area contributed by atoms with Gasteiger partial charge in [-0.1, -0.05) is 41.1 Å². The van der Waals surface area contributed by atoms with E-state index in [0.29, 0.717) is 17.0 Å². The molecule has 30 heavy (non-hydrogen) atoms. The van der Waals surface area contributed by atoms with Gasteiger partial charge in [-0.3, -0.25) is 15.3 Å². The van der Waals surface area contributed by atoms with E-state index in [9.17, 15) is 9.59 Å². The first-order valence-corrected chi connectivity index (χ1v) is 9.91. The second-order valence-corrected chi connectivity index (χ2v) is 7.21. The van der Waals surface area contributed by atoms with Gasteiger partial charge in [-0.15, -0.1) is 0 Å². The Balaban J connectivity index is 2.17. The van der Waals surface area contributed by atoms with Gasteiger partial charge in [0.15, 0.2) is 0 Å². The molecule has 0 heterocycles. The van der Waals surface area contributed by atoms with E-state index in [1.165, 1.54) is 11.6 Å². The van der Waals surface area contributed by atoms with E-state index in [4.69, 9.17) is 19.8 Å². The number of carbonyl (C=O) groups is 2. The quantitative estimate of drug-likeness (QED) is 0.247. The molecule has 2 aromatic rings. The van der Waals surface area contributed by atoms with Crippen molar-refractivity contribution in [2.75, 3.05) is 18.5 Å². The highest BCUT2D eigenvalue weighted by atomic mass is 79.9. The monoisotopic (exact) mass is 478 g/mol. The minimum absolute atomic E-state index is 0.0987. The maximum Gasteiger partial charge on any atom is 0.412 e. The van der Waals surface area contributed by atoms with Crippen LogP contribution in [0.2, 0.25) is 0 Å². The van der Waals surface area contributed by atoms with Crippen LogP contribution in [-0.2, 0) is 9.53 Å². The molecular weight excluding hydrogens is 456 g/mol. The first kappa shape index (κ1) is 23.4. The summed E-state index contributed by atoms with van der Waals surface area (Å²) < 4.78 is 11.9. The van der Waals surface area contributed by atoms with Gasteiger partial charge in [0.2, 0.25) is 0 Å². The molecule has 9 heteroatoms. The van der Waals surface area contributed by atoms with Crippen molar-refractivity contribution in [1.82, 2.24) is 5.48 Å². The highest BCUT2D eigenvalue weighted by Gasteiger charge is 2.22. The van der Waals surface area contributed by atoms with Gasteiger partial charge in [0, 0.05) is 22.2 Å². The van der Waals surface area contributed by atoms with Gasteiger partial charge in [0.05, 0.1) is 6.61 Å². The standard InChI is InChI=1S/C21H23BrN2O6/c1-14(2-11-19(26)24-28)20(15-3-9-18(10-4-15)29-13-12-25)30-21(27)23-17-7-5-16(22)6-8-17/h2-11,14,20,25,28H,12-13H2,1H3,(H,23,27)(H,24,26)/b11-2+/t14-,20+/m1/s1. The molecule has 8 nitrogen and oxygen atoms in total. The number of benzene rings is 2. The summed E-state index contributed by atoms with van der Waals surface area (Å²) in [7, 11) is 0. The SMILES string of the molecule is C[C@H](/C=C/C(=O)NO)[C@H](OC(=O)Nc1ccc(Br)cc1)c1ccc(OCCO)cc1. The van der Waals surface area contributed by atoms with Crippen molar-refractivity contribution in [3.05, 3.63) is 70.7 Å². The number of rotatable bonds is 9. The van der Waals surface area contributed by atoms with Crippen LogP contribution in [0.5, 0.6) is 5.75 Å². The first-order valence-electron chi connectivity index (χ1n) is 9.12. The highest BCUT2D eigenvalue weighted by Crippen LogP contribution is 2.29. The van der Waals surface area contributed by atoms with Crippen LogP contribution < -0.4 is 15.5 Å². The van der Waals surface area contributed by atoms with Crippen molar-refractivity contribution in [3.8, 4) is 5.75 Å². The smallest absolute Gasteiger partial charge is 0.412 e. The van der Waals surface area contributed by atoms with Crippen LogP contribution in [0.1, 0.15) is 18.6 Å². The van der Waals surface area contributed by atoms with Crippen LogP contribution in [0.15, 0.2) is 65.2 Å². The number of ether oxygens (including phenoxy) is 2. The zero-order valence-electron chi connectivity index (χ0n) is 16.2. The third kappa shape index (κ3) is 7.51. The summed E-state index contributed by atoms with van der Waals surface area (Å²) in [6, 6.07) is 13.9. The molecule has 0 saturated heterocycles. The molecular formula is C21H23BrN2O6. The summed E-state index contributed by atoms with van der Waals surface area (Å²) in [5.41, 5.74) is 2.76. The number of hydrogen-bond donors (Lipinski definition) is 4. The zero-order chi connectivity index (χ0) is 21.9. The molecule has 0 radical (unpaired) electrons. The van der Waals surface area contributed by atoms with E-state index in [1.54, 1.807) is 55.5 Å². The number of aliphatic hydroxyl groups excluding tert-OH is 1. The molecule has 0 spiro atoms. The minimum atomic E-state index is -0.713. The Morgan fingerprint density at radius 3 is 2.40 bits per heavy atom. The summed E-state index contributed by atoms with van der Waals surface area (Å²) in [4.78, 5) is 23.7. The van der Waals surface area contributed by atoms with Crippen LogP contribution in [0.25, 0.3) is 0 Å². The molecule has 2 aromatic carbocycles. The maximum atomic E-state index is 12.4. The average Bonchev–Trinajstić information content (AvgIpc) is 2.76. The lowest BCUT2D eigenvalue weighted by molar-refractivity contribution is -0.124. The van der Waals surface area contributed by atoms with Gasteiger partial charge < -0.3 is 14.6 Å². The summed E-state index contributed by atoms with van der Waals surface area (Å²) in [5, 5.41) is 20.2. The van der Waals surface area contributed by atoms with Crippen LogP contribution >= 0.6 is 15.9 Å². The van der Waals surface area contributed by atoms with Crippen molar-refractivity contribution in [3.63, 3.8) is 0 Å². The first-order chi connectivity index (χ1) is 14.4. The summed E-state index contributed by atoms with van der Waals surface area (Å²) >= 11 is 3.33. The van der Waals surface area contributed by atoms with E-state index in [2.05, 4.69) is 21.2 Å². The fourth-order valence-electron chi connectivity index (χ4n) is 2.57. The summed E-state index contributed by atoms with van der Waals surface area (Å²) in [5.74, 6) is -0.511. The fourth-order valence-corrected chi connectivity index (χ4v) is 2.83. The molecule has 4 N–H and O–H groups in total. The Bertz CT molecular complexity index is 855. The molecule has 2 rings (SSSR count). The molecule has 0 unspecified atom stereocenters. The second-order valence-electron chi connectivity index (χ2n) is 6.29.